The average molecular weight is 222 g/mol. The first-order valence-corrected chi connectivity index (χ1v) is 5.59. The number of hydrogen-bond acceptors (Lipinski definition) is 3. The number of aliphatic hydroxyl groups is 1. The number of ether oxygens (including phenoxy) is 2. The van der Waals surface area contributed by atoms with Crippen molar-refractivity contribution in [2.45, 2.75) is 38.4 Å². The van der Waals surface area contributed by atoms with Gasteiger partial charge in [-0.05, 0) is 32.8 Å². The van der Waals surface area contributed by atoms with Crippen molar-refractivity contribution >= 4 is 0 Å². The van der Waals surface area contributed by atoms with Crippen LogP contribution in [-0.2, 0) is 5.60 Å². The number of hydrogen-bond donors (Lipinski definition) is 1. The zero-order valence-electron chi connectivity index (χ0n) is 9.99. The average Bonchev–Trinajstić information content (AvgIpc) is 3.00. The molecule has 0 amide bonds. The van der Waals surface area contributed by atoms with Crippen LogP contribution in [0.2, 0.25) is 0 Å². The zero-order valence-corrected chi connectivity index (χ0v) is 9.99. The van der Waals surface area contributed by atoms with Crippen molar-refractivity contribution in [1.82, 2.24) is 0 Å². The molecule has 0 unspecified atom stereocenters. The number of para-hydroxylation sites is 1. The van der Waals surface area contributed by atoms with E-state index in [-0.39, 0.29) is 6.10 Å². The molecule has 0 heterocycles. The van der Waals surface area contributed by atoms with Crippen molar-refractivity contribution in [3.63, 3.8) is 0 Å². The van der Waals surface area contributed by atoms with Crippen LogP contribution < -0.4 is 9.47 Å². The van der Waals surface area contributed by atoms with Crippen LogP contribution >= 0.6 is 0 Å². The summed E-state index contributed by atoms with van der Waals surface area (Å²) in [6.45, 7) is 3.50. The Morgan fingerprint density at radius 1 is 1.31 bits per heavy atom. The second kappa shape index (κ2) is 3.98. The topological polar surface area (TPSA) is 38.7 Å². The highest BCUT2D eigenvalue weighted by atomic mass is 16.5. The maximum absolute atomic E-state index is 10.1. The monoisotopic (exact) mass is 222 g/mol. The van der Waals surface area contributed by atoms with E-state index in [0.29, 0.717) is 11.5 Å². The molecule has 88 valence electrons. The molecular formula is C13H18O3. The molecule has 0 spiro atoms. The lowest BCUT2D eigenvalue weighted by Gasteiger charge is -2.23. The van der Waals surface area contributed by atoms with Gasteiger partial charge in [-0.15, -0.1) is 0 Å². The second-order valence-corrected chi connectivity index (χ2v) is 4.71. The van der Waals surface area contributed by atoms with Gasteiger partial charge in [0.05, 0.1) is 18.8 Å². The molecule has 1 aromatic carbocycles. The summed E-state index contributed by atoms with van der Waals surface area (Å²) in [5, 5.41) is 10.1. The Labute approximate surface area is 96.0 Å². The third kappa shape index (κ3) is 2.30. The first kappa shape index (κ1) is 11.3. The highest BCUT2D eigenvalue weighted by Gasteiger charge is 2.29. The Hall–Kier alpha value is -1.22. The Balaban J connectivity index is 2.41. The van der Waals surface area contributed by atoms with Gasteiger partial charge in [-0.2, -0.15) is 0 Å². The van der Waals surface area contributed by atoms with E-state index >= 15 is 0 Å². The molecule has 0 saturated heterocycles. The molecule has 3 heteroatoms. The molecule has 1 fully saturated rings. The van der Waals surface area contributed by atoms with E-state index in [2.05, 4.69) is 0 Å². The number of benzene rings is 1. The summed E-state index contributed by atoms with van der Waals surface area (Å²) in [7, 11) is 1.61. The highest BCUT2D eigenvalue weighted by Crippen LogP contribution is 2.40. The fraction of sp³-hybridized carbons (Fsp3) is 0.538. The second-order valence-electron chi connectivity index (χ2n) is 4.71. The van der Waals surface area contributed by atoms with Gasteiger partial charge in [0, 0.05) is 5.56 Å². The van der Waals surface area contributed by atoms with Crippen molar-refractivity contribution in [3.8, 4) is 11.5 Å². The van der Waals surface area contributed by atoms with Crippen LogP contribution in [0.3, 0.4) is 0 Å². The van der Waals surface area contributed by atoms with Gasteiger partial charge in [-0.3, -0.25) is 0 Å². The Morgan fingerprint density at radius 3 is 2.50 bits per heavy atom. The molecule has 0 atom stereocenters. The molecule has 3 nitrogen and oxygen atoms in total. The minimum Gasteiger partial charge on any atom is -0.493 e. The zero-order chi connectivity index (χ0) is 11.8. The fourth-order valence-electron chi connectivity index (χ4n) is 1.63. The first-order valence-electron chi connectivity index (χ1n) is 5.59. The van der Waals surface area contributed by atoms with E-state index < -0.39 is 5.60 Å². The van der Waals surface area contributed by atoms with Gasteiger partial charge in [-0.25, -0.2) is 0 Å². The van der Waals surface area contributed by atoms with E-state index in [4.69, 9.17) is 9.47 Å². The molecule has 1 aliphatic carbocycles. The molecule has 1 aromatic rings. The van der Waals surface area contributed by atoms with E-state index in [0.717, 1.165) is 18.4 Å². The van der Waals surface area contributed by atoms with Gasteiger partial charge in [-0.1, -0.05) is 12.1 Å². The summed E-state index contributed by atoms with van der Waals surface area (Å²) in [6.07, 6.45) is 2.46. The summed E-state index contributed by atoms with van der Waals surface area (Å²) < 4.78 is 11.1. The Morgan fingerprint density at radius 2 is 2.00 bits per heavy atom. The highest BCUT2D eigenvalue weighted by molar-refractivity contribution is 5.49. The van der Waals surface area contributed by atoms with Crippen LogP contribution in [0.15, 0.2) is 18.2 Å². The lowest BCUT2D eigenvalue weighted by Crippen LogP contribution is -2.18. The van der Waals surface area contributed by atoms with Crippen LogP contribution in [-0.4, -0.2) is 18.3 Å². The summed E-state index contributed by atoms with van der Waals surface area (Å²) in [4.78, 5) is 0. The lowest BCUT2D eigenvalue weighted by molar-refractivity contribution is 0.0737. The molecule has 16 heavy (non-hydrogen) atoms. The quantitative estimate of drug-likeness (QED) is 0.850. The number of rotatable bonds is 4. The van der Waals surface area contributed by atoms with Gasteiger partial charge >= 0.3 is 0 Å². The van der Waals surface area contributed by atoms with Crippen molar-refractivity contribution < 1.29 is 14.6 Å². The first-order chi connectivity index (χ1) is 7.52. The van der Waals surface area contributed by atoms with E-state index in [1.165, 1.54) is 0 Å². The Kier molecular flexibility index (Phi) is 2.80. The van der Waals surface area contributed by atoms with Crippen LogP contribution in [0.25, 0.3) is 0 Å². The SMILES string of the molecule is COc1cccc(C(C)(C)O)c1OC1CC1. The maximum Gasteiger partial charge on any atom is 0.167 e. The molecule has 0 aliphatic heterocycles. The predicted molar refractivity (Wildman–Crippen MR) is 61.9 cm³/mol. The van der Waals surface area contributed by atoms with Crippen molar-refractivity contribution in [3.05, 3.63) is 23.8 Å². The normalized spacial score (nSPS) is 16.0. The predicted octanol–water partition coefficient (Wildman–Crippen LogP) is 2.46. The maximum atomic E-state index is 10.1. The molecule has 1 aliphatic rings. The molecule has 0 bridgehead atoms. The fourth-order valence-corrected chi connectivity index (χ4v) is 1.63. The molecule has 1 N–H and O–H groups in total. The van der Waals surface area contributed by atoms with Gasteiger partial charge in [0.25, 0.3) is 0 Å². The summed E-state index contributed by atoms with van der Waals surface area (Å²) >= 11 is 0. The Bertz CT molecular complexity index is 375. The van der Waals surface area contributed by atoms with Gasteiger partial charge < -0.3 is 14.6 Å². The van der Waals surface area contributed by atoms with E-state index in [1.54, 1.807) is 21.0 Å². The standard InChI is InChI=1S/C13H18O3/c1-13(2,14)10-5-4-6-11(15-3)12(10)16-9-7-8-9/h4-6,9,14H,7-8H2,1-3H3. The number of methoxy groups -OCH3 is 1. The molecule has 0 radical (unpaired) electrons. The molecule has 0 aromatic heterocycles. The molecule has 2 rings (SSSR count). The van der Waals surface area contributed by atoms with Crippen molar-refractivity contribution in [1.29, 1.82) is 0 Å². The van der Waals surface area contributed by atoms with Crippen LogP contribution in [0.5, 0.6) is 11.5 Å². The third-order valence-electron chi connectivity index (χ3n) is 2.67. The van der Waals surface area contributed by atoms with Crippen LogP contribution in [0.1, 0.15) is 32.3 Å². The molecular weight excluding hydrogens is 204 g/mol. The van der Waals surface area contributed by atoms with Gasteiger partial charge in [0.2, 0.25) is 0 Å². The molecule has 1 saturated carbocycles. The van der Waals surface area contributed by atoms with Crippen LogP contribution in [0, 0.1) is 0 Å². The van der Waals surface area contributed by atoms with E-state index in [9.17, 15) is 5.11 Å². The van der Waals surface area contributed by atoms with Gasteiger partial charge in [0.1, 0.15) is 0 Å². The van der Waals surface area contributed by atoms with Gasteiger partial charge in [0.15, 0.2) is 11.5 Å². The van der Waals surface area contributed by atoms with Crippen molar-refractivity contribution in [2.24, 2.45) is 0 Å². The lowest BCUT2D eigenvalue weighted by atomic mass is 9.97. The van der Waals surface area contributed by atoms with Crippen molar-refractivity contribution in [2.75, 3.05) is 7.11 Å². The van der Waals surface area contributed by atoms with Crippen LogP contribution in [0.4, 0.5) is 0 Å². The smallest absolute Gasteiger partial charge is 0.167 e. The summed E-state index contributed by atoms with van der Waals surface area (Å²) in [5.74, 6) is 1.37. The summed E-state index contributed by atoms with van der Waals surface area (Å²) in [6, 6.07) is 5.60. The minimum atomic E-state index is -0.918. The largest absolute Gasteiger partial charge is 0.493 e. The minimum absolute atomic E-state index is 0.289. The third-order valence-corrected chi connectivity index (χ3v) is 2.67. The summed E-state index contributed by atoms with van der Waals surface area (Å²) in [5.41, 5.74) is -0.141. The van der Waals surface area contributed by atoms with E-state index in [1.807, 2.05) is 18.2 Å².